The maximum absolute atomic E-state index is 10.8. The monoisotopic (exact) mass is 247 g/mol. The molecule has 0 spiro atoms. The van der Waals surface area contributed by atoms with Crippen LogP contribution in [0, 0.1) is 6.92 Å². The maximum atomic E-state index is 10.8. The number of alkyl halides is 1. The molecule has 0 fully saturated rings. The predicted octanol–water partition coefficient (Wildman–Crippen LogP) is 2.07. The average molecular weight is 248 g/mol. The number of halogens is 1. The Kier molecular flexibility index (Phi) is 3.75. The molecule has 0 radical (unpaired) electrons. The van der Waals surface area contributed by atoms with E-state index in [2.05, 4.69) is 32.7 Å². The lowest BCUT2D eigenvalue weighted by atomic mass is 10.3. The van der Waals surface area contributed by atoms with E-state index in [1.54, 1.807) is 11.3 Å². The first-order valence-corrected chi connectivity index (χ1v) is 5.59. The highest BCUT2D eigenvalue weighted by Gasteiger charge is 1.99. The number of carbonyl (C=O) groups excluding carboxylic acids is 1. The minimum Gasteiger partial charge on any atom is -0.350 e. The highest BCUT2D eigenvalue weighted by molar-refractivity contribution is 9.09. The Morgan fingerprint density at radius 3 is 3.00 bits per heavy atom. The Morgan fingerprint density at radius 1 is 1.75 bits per heavy atom. The summed E-state index contributed by atoms with van der Waals surface area (Å²) in [5.74, 6) is 0.0288. The van der Waals surface area contributed by atoms with Crippen molar-refractivity contribution in [3.05, 3.63) is 21.9 Å². The average Bonchev–Trinajstić information content (AvgIpc) is 2.47. The normalized spacial score (nSPS) is 9.83. The van der Waals surface area contributed by atoms with E-state index in [4.69, 9.17) is 0 Å². The minimum atomic E-state index is 0.0288. The zero-order chi connectivity index (χ0) is 8.97. The zero-order valence-corrected chi connectivity index (χ0v) is 9.17. The van der Waals surface area contributed by atoms with Gasteiger partial charge in [-0.3, -0.25) is 4.79 Å². The van der Waals surface area contributed by atoms with E-state index in [9.17, 15) is 4.79 Å². The van der Waals surface area contributed by atoms with Crippen LogP contribution >= 0.6 is 27.3 Å². The molecule has 1 heterocycles. The number of hydrogen-bond acceptors (Lipinski definition) is 2. The molecule has 0 saturated heterocycles. The van der Waals surface area contributed by atoms with E-state index in [1.807, 2.05) is 6.92 Å². The molecule has 66 valence electrons. The Hall–Kier alpha value is -0.350. The summed E-state index contributed by atoms with van der Waals surface area (Å²) in [5, 5.41) is 5.24. The van der Waals surface area contributed by atoms with Crippen molar-refractivity contribution in [2.24, 2.45) is 0 Å². The second kappa shape index (κ2) is 4.62. The molecule has 0 bridgehead atoms. The molecule has 0 aliphatic heterocycles. The molecule has 0 aromatic carbocycles. The van der Waals surface area contributed by atoms with Crippen molar-refractivity contribution in [1.82, 2.24) is 5.32 Å². The Morgan fingerprint density at radius 2 is 2.50 bits per heavy atom. The molecule has 1 N–H and O–H groups in total. The van der Waals surface area contributed by atoms with E-state index in [0.717, 1.165) is 0 Å². The quantitative estimate of drug-likeness (QED) is 0.815. The van der Waals surface area contributed by atoms with Crippen molar-refractivity contribution in [1.29, 1.82) is 0 Å². The van der Waals surface area contributed by atoms with Crippen molar-refractivity contribution in [3.63, 3.8) is 0 Å². The summed E-state index contributed by atoms with van der Waals surface area (Å²) in [4.78, 5) is 12.0. The van der Waals surface area contributed by atoms with Gasteiger partial charge in [0.15, 0.2) is 0 Å². The Balaban J connectivity index is 2.38. The smallest absolute Gasteiger partial charge is 0.230 e. The molecule has 1 aromatic rings. The molecule has 0 unspecified atom stereocenters. The number of aryl methyl sites for hydroxylation is 1. The standard InChI is InChI=1S/C8H10BrNOS/c1-6-2-7(12-5-6)4-10-8(11)3-9/h2,5H,3-4H2,1H3,(H,10,11). The van der Waals surface area contributed by atoms with E-state index in [0.29, 0.717) is 11.9 Å². The summed E-state index contributed by atoms with van der Waals surface area (Å²) >= 11 is 4.76. The van der Waals surface area contributed by atoms with Gasteiger partial charge >= 0.3 is 0 Å². The van der Waals surface area contributed by atoms with Crippen molar-refractivity contribution in [2.45, 2.75) is 13.5 Å². The second-order valence-corrected chi connectivity index (χ2v) is 4.06. The highest BCUT2D eigenvalue weighted by atomic mass is 79.9. The summed E-state index contributed by atoms with van der Waals surface area (Å²) in [5.41, 5.74) is 1.25. The topological polar surface area (TPSA) is 29.1 Å². The Bertz CT molecular complexity index is 272. The minimum absolute atomic E-state index is 0.0288. The van der Waals surface area contributed by atoms with Crippen molar-refractivity contribution < 1.29 is 4.79 Å². The number of amides is 1. The molecular formula is C8H10BrNOS. The fourth-order valence-corrected chi connectivity index (χ4v) is 1.83. The van der Waals surface area contributed by atoms with Gasteiger partial charge in [0.05, 0.1) is 11.9 Å². The van der Waals surface area contributed by atoms with Crippen LogP contribution in [0.1, 0.15) is 10.4 Å². The van der Waals surface area contributed by atoms with E-state index in [-0.39, 0.29) is 5.91 Å². The van der Waals surface area contributed by atoms with Gasteiger partial charge < -0.3 is 5.32 Å². The van der Waals surface area contributed by atoms with Crippen LogP contribution in [0.25, 0.3) is 0 Å². The molecule has 0 aliphatic rings. The third-order valence-electron chi connectivity index (χ3n) is 1.37. The van der Waals surface area contributed by atoms with Gasteiger partial charge in [-0.1, -0.05) is 15.9 Å². The highest BCUT2D eigenvalue weighted by Crippen LogP contribution is 2.12. The maximum Gasteiger partial charge on any atom is 0.230 e. The number of thiophene rings is 1. The van der Waals surface area contributed by atoms with Crippen LogP contribution in [0.4, 0.5) is 0 Å². The first-order chi connectivity index (χ1) is 5.72. The van der Waals surface area contributed by atoms with E-state index >= 15 is 0 Å². The summed E-state index contributed by atoms with van der Waals surface area (Å²) in [6, 6.07) is 2.08. The first kappa shape index (κ1) is 9.74. The van der Waals surface area contributed by atoms with Crippen molar-refractivity contribution >= 4 is 33.2 Å². The van der Waals surface area contributed by atoms with Crippen LogP contribution in [0.3, 0.4) is 0 Å². The number of hydrogen-bond donors (Lipinski definition) is 1. The van der Waals surface area contributed by atoms with Gasteiger partial charge in [-0.05, 0) is 23.9 Å². The first-order valence-electron chi connectivity index (χ1n) is 3.59. The lowest BCUT2D eigenvalue weighted by molar-refractivity contribution is -0.118. The third kappa shape index (κ3) is 2.95. The molecule has 2 nitrogen and oxygen atoms in total. The largest absolute Gasteiger partial charge is 0.350 e. The summed E-state index contributed by atoms with van der Waals surface area (Å²) in [7, 11) is 0. The van der Waals surface area contributed by atoms with Gasteiger partial charge in [-0.15, -0.1) is 11.3 Å². The molecular weight excluding hydrogens is 238 g/mol. The van der Waals surface area contributed by atoms with Crippen molar-refractivity contribution in [2.75, 3.05) is 5.33 Å². The number of rotatable bonds is 3. The molecule has 0 saturated carbocycles. The fourth-order valence-electron chi connectivity index (χ4n) is 0.816. The van der Waals surface area contributed by atoms with Crippen LogP contribution in [-0.4, -0.2) is 11.2 Å². The summed E-state index contributed by atoms with van der Waals surface area (Å²) in [6.45, 7) is 2.69. The molecule has 4 heteroatoms. The number of nitrogens with one attached hydrogen (secondary N) is 1. The SMILES string of the molecule is Cc1csc(CNC(=O)CBr)c1. The van der Waals surface area contributed by atoms with Gasteiger partial charge in [0.25, 0.3) is 0 Å². The van der Waals surface area contributed by atoms with Gasteiger partial charge in [-0.2, -0.15) is 0 Å². The Labute approximate surface area is 84.1 Å². The molecule has 12 heavy (non-hydrogen) atoms. The predicted molar refractivity (Wildman–Crippen MR) is 54.7 cm³/mol. The van der Waals surface area contributed by atoms with Crippen LogP contribution in [0.2, 0.25) is 0 Å². The number of carbonyl (C=O) groups is 1. The van der Waals surface area contributed by atoms with Crippen LogP contribution < -0.4 is 5.32 Å². The van der Waals surface area contributed by atoms with Gasteiger partial charge in [-0.25, -0.2) is 0 Å². The molecule has 1 amide bonds. The fraction of sp³-hybridized carbons (Fsp3) is 0.375. The van der Waals surface area contributed by atoms with Gasteiger partial charge in [0, 0.05) is 4.88 Å². The van der Waals surface area contributed by atoms with Crippen LogP contribution in [-0.2, 0) is 11.3 Å². The van der Waals surface area contributed by atoms with E-state index < -0.39 is 0 Å². The van der Waals surface area contributed by atoms with Crippen molar-refractivity contribution in [3.8, 4) is 0 Å². The zero-order valence-electron chi connectivity index (χ0n) is 6.76. The molecule has 0 atom stereocenters. The van der Waals surface area contributed by atoms with Crippen LogP contribution in [0.5, 0.6) is 0 Å². The lowest BCUT2D eigenvalue weighted by Crippen LogP contribution is -2.22. The molecule has 0 aliphatic carbocycles. The van der Waals surface area contributed by atoms with Gasteiger partial charge in [0.1, 0.15) is 0 Å². The van der Waals surface area contributed by atoms with Crippen LogP contribution in [0.15, 0.2) is 11.4 Å². The summed E-state index contributed by atoms with van der Waals surface area (Å²) in [6.07, 6.45) is 0. The van der Waals surface area contributed by atoms with E-state index in [1.165, 1.54) is 10.4 Å². The molecule has 1 rings (SSSR count). The second-order valence-electron chi connectivity index (χ2n) is 2.50. The summed E-state index contributed by atoms with van der Waals surface area (Å²) < 4.78 is 0. The molecule has 1 aromatic heterocycles. The van der Waals surface area contributed by atoms with Gasteiger partial charge in [0.2, 0.25) is 5.91 Å². The lowest BCUT2D eigenvalue weighted by Gasteiger charge is -1.98. The third-order valence-corrected chi connectivity index (χ3v) is 2.93.